The lowest BCUT2D eigenvalue weighted by atomic mass is 10.1. The number of hydrogen-bond acceptors (Lipinski definition) is 6. The van der Waals surface area contributed by atoms with Crippen molar-refractivity contribution in [1.82, 2.24) is 10.6 Å². The summed E-state index contributed by atoms with van der Waals surface area (Å²) in [5.41, 5.74) is 0. The molecule has 0 rings (SSSR count). The second kappa shape index (κ2) is 39.2. The molecule has 0 saturated carbocycles. The number of carbonyl (C=O) groups is 4. The van der Waals surface area contributed by atoms with Gasteiger partial charge in [-0.3, -0.25) is 14.4 Å². The second-order valence-electron chi connectivity index (χ2n) is 14.1. The SMILES string of the molecule is CCC/C=C\C/C=C\C(CCCCCCC(=O)NCC(=O)NC(CO)C(=O)O)OC(=O)CCCCCCCC/C=C\C/C=C\C/C=C\CCCCCCC. The summed E-state index contributed by atoms with van der Waals surface area (Å²) in [5.74, 6) is -2.45. The lowest BCUT2D eigenvalue weighted by Gasteiger charge is -2.15. The Balaban J connectivity index is 4.16. The first-order chi connectivity index (χ1) is 26.3. The predicted molar refractivity (Wildman–Crippen MR) is 222 cm³/mol. The smallest absolute Gasteiger partial charge is 0.328 e. The quantitative estimate of drug-likeness (QED) is 0.0281. The van der Waals surface area contributed by atoms with Gasteiger partial charge in [-0.15, -0.1) is 0 Å². The Morgan fingerprint density at radius 3 is 1.69 bits per heavy atom. The average molecular weight is 757 g/mol. The molecule has 308 valence electrons. The molecule has 2 atom stereocenters. The predicted octanol–water partition coefficient (Wildman–Crippen LogP) is 10.1. The molecule has 9 nitrogen and oxygen atoms in total. The van der Waals surface area contributed by atoms with Crippen LogP contribution in [0.5, 0.6) is 0 Å². The lowest BCUT2D eigenvalue weighted by Crippen LogP contribution is -2.47. The van der Waals surface area contributed by atoms with Crippen molar-refractivity contribution < 1.29 is 34.1 Å². The summed E-state index contributed by atoms with van der Waals surface area (Å²) in [6, 6.07) is -1.39. The number of aliphatic hydroxyl groups is 1. The topological polar surface area (TPSA) is 142 Å². The largest absolute Gasteiger partial charge is 0.480 e. The molecule has 0 aliphatic carbocycles. The van der Waals surface area contributed by atoms with Crippen LogP contribution >= 0.6 is 0 Å². The Morgan fingerprint density at radius 1 is 0.574 bits per heavy atom. The van der Waals surface area contributed by atoms with E-state index >= 15 is 0 Å². The molecule has 0 spiro atoms. The van der Waals surface area contributed by atoms with Gasteiger partial charge in [-0.2, -0.15) is 0 Å². The summed E-state index contributed by atoms with van der Waals surface area (Å²) < 4.78 is 5.85. The number of carbonyl (C=O) groups excluding carboxylic acids is 3. The fourth-order valence-corrected chi connectivity index (χ4v) is 5.68. The van der Waals surface area contributed by atoms with Crippen LogP contribution in [0.15, 0.2) is 60.8 Å². The third-order valence-electron chi connectivity index (χ3n) is 8.95. The number of hydrogen-bond donors (Lipinski definition) is 4. The van der Waals surface area contributed by atoms with E-state index in [0.717, 1.165) is 83.5 Å². The molecule has 0 aromatic heterocycles. The number of rotatable bonds is 37. The number of esters is 1. The molecule has 0 aliphatic heterocycles. The fraction of sp³-hybridized carbons (Fsp3) is 0.689. The summed E-state index contributed by atoms with van der Waals surface area (Å²) >= 11 is 0. The maximum absolute atomic E-state index is 12.7. The standard InChI is InChI=1S/C45H76N2O7/c1-3-5-7-9-11-12-13-14-15-16-17-18-19-20-21-22-23-24-25-27-33-37-44(51)54-40(34-30-26-10-8-6-4-2)35-31-28-29-32-36-42(49)46-38-43(50)47-41(39-48)45(52)53/h8,10,13-14,16-17,19-20,30,34,40-41,48H,3-7,9,11-12,15,18,21-29,31-33,35-39H2,1-2H3,(H,46,49)(H,47,50)(H,52,53)/b10-8-,14-13-,17-16-,20-19-,34-30-. The number of nitrogens with one attached hydrogen (secondary N) is 2. The highest BCUT2D eigenvalue weighted by Crippen LogP contribution is 2.15. The van der Waals surface area contributed by atoms with Gasteiger partial charge in [-0.1, -0.05) is 139 Å². The molecule has 2 amide bonds. The first-order valence-corrected chi connectivity index (χ1v) is 21.2. The monoisotopic (exact) mass is 757 g/mol. The van der Waals surface area contributed by atoms with Crippen LogP contribution in [-0.4, -0.2) is 59.3 Å². The summed E-state index contributed by atoms with van der Waals surface area (Å²) in [6.45, 7) is 3.34. The van der Waals surface area contributed by atoms with Crippen molar-refractivity contribution in [2.45, 2.75) is 187 Å². The van der Waals surface area contributed by atoms with E-state index in [1.165, 1.54) is 57.8 Å². The number of unbranched alkanes of at least 4 members (excludes halogenated alkanes) is 15. The number of ether oxygens (including phenoxy) is 1. The molecule has 0 aromatic rings. The van der Waals surface area contributed by atoms with Crippen molar-refractivity contribution in [3.63, 3.8) is 0 Å². The van der Waals surface area contributed by atoms with Gasteiger partial charge in [0.2, 0.25) is 11.8 Å². The van der Waals surface area contributed by atoms with Gasteiger partial charge in [0.1, 0.15) is 12.1 Å². The fourth-order valence-electron chi connectivity index (χ4n) is 5.68. The molecular formula is C45H76N2O7. The van der Waals surface area contributed by atoms with Gasteiger partial charge in [-0.25, -0.2) is 4.79 Å². The van der Waals surface area contributed by atoms with E-state index in [4.69, 9.17) is 14.9 Å². The van der Waals surface area contributed by atoms with Crippen LogP contribution in [0.2, 0.25) is 0 Å². The van der Waals surface area contributed by atoms with Crippen LogP contribution < -0.4 is 10.6 Å². The van der Waals surface area contributed by atoms with E-state index in [1.54, 1.807) is 0 Å². The minimum atomic E-state index is -1.39. The molecule has 0 saturated heterocycles. The highest BCUT2D eigenvalue weighted by atomic mass is 16.5. The molecule has 0 radical (unpaired) electrons. The van der Waals surface area contributed by atoms with Crippen molar-refractivity contribution >= 4 is 23.8 Å². The minimum absolute atomic E-state index is 0.145. The minimum Gasteiger partial charge on any atom is -0.480 e. The Hall–Kier alpha value is -3.46. The third-order valence-corrected chi connectivity index (χ3v) is 8.95. The molecule has 2 unspecified atom stereocenters. The van der Waals surface area contributed by atoms with E-state index in [1.807, 2.05) is 6.08 Å². The van der Waals surface area contributed by atoms with Gasteiger partial charge < -0.3 is 25.6 Å². The van der Waals surface area contributed by atoms with Crippen molar-refractivity contribution in [2.75, 3.05) is 13.2 Å². The third kappa shape index (κ3) is 35.6. The summed E-state index contributed by atoms with van der Waals surface area (Å²) in [5, 5.41) is 22.5. The zero-order chi connectivity index (χ0) is 39.7. The van der Waals surface area contributed by atoms with Crippen LogP contribution in [0, 0.1) is 0 Å². The second-order valence-corrected chi connectivity index (χ2v) is 14.1. The zero-order valence-corrected chi connectivity index (χ0v) is 34.0. The van der Waals surface area contributed by atoms with Gasteiger partial charge in [-0.05, 0) is 83.1 Å². The van der Waals surface area contributed by atoms with Crippen LogP contribution in [0.1, 0.15) is 174 Å². The van der Waals surface area contributed by atoms with E-state index < -0.39 is 24.5 Å². The van der Waals surface area contributed by atoms with Gasteiger partial charge in [0.05, 0.1) is 13.2 Å². The molecule has 0 bridgehead atoms. The van der Waals surface area contributed by atoms with E-state index in [9.17, 15) is 19.2 Å². The van der Waals surface area contributed by atoms with Crippen LogP contribution in [0.3, 0.4) is 0 Å². The Morgan fingerprint density at radius 2 is 1.09 bits per heavy atom. The molecular weight excluding hydrogens is 681 g/mol. The van der Waals surface area contributed by atoms with Gasteiger partial charge in [0.25, 0.3) is 0 Å². The highest BCUT2D eigenvalue weighted by Gasteiger charge is 2.18. The van der Waals surface area contributed by atoms with Crippen molar-refractivity contribution in [3.8, 4) is 0 Å². The molecule has 0 aromatic carbocycles. The number of allylic oxidation sites excluding steroid dienone is 9. The molecule has 0 aliphatic rings. The summed E-state index contributed by atoms with van der Waals surface area (Å²) in [7, 11) is 0. The van der Waals surface area contributed by atoms with Gasteiger partial charge in [0.15, 0.2) is 0 Å². The van der Waals surface area contributed by atoms with Crippen LogP contribution in [-0.2, 0) is 23.9 Å². The number of carboxylic acids is 1. The van der Waals surface area contributed by atoms with Crippen LogP contribution in [0.4, 0.5) is 0 Å². The molecule has 4 N–H and O–H groups in total. The molecule has 9 heteroatoms. The van der Waals surface area contributed by atoms with E-state index in [2.05, 4.69) is 79.2 Å². The normalized spacial score (nSPS) is 13.1. The van der Waals surface area contributed by atoms with Crippen molar-refractivity contribution in [2.24, 2.45) is 0 Å². The zero-order valence-electron chi connectivity index (χ0n) is 34.0. The summed E-state index contributed by atoms with van der Waals surface area (Å²) in [6.07, 6.45) is 47.1. The maximum Gasteiger partial charge on any atom is 0.328 e. The van der Waals surface area contributed by atoms with Crippen molar-refractivity contribution in [1.29, 1.82) is 0 Å². The average Bonchev–Trinajstić information content (AvgIpc) is 3.15. The number of aliphatic hydroxyl groups excluding tert-OH is 1. The lowest BCUT2D eigenvalue weighted by molar-refractivity contribution is -0.147. The maximum atomic E-state index is 12.7. The van der Waals surface area contributed by atoms with Crippen LogP contribution in [0.25, 0.3) is 0 Å². The Labute approximate surface area is 328 Å². The van der Waals surface area contributed by atoms with Crippen molar-refractivity contribution in [3.05, 3.63) is 60.8 Å². The number of aliphatic carboxylic acids is 1. The highest BCUT2D eigenvalue weighted by molar-refractivity contribution is 5.87. The summed E-state index contributed by atoms with van der Waals surface area (Å²) in [4.78, 5) is 47.4. The molecule has 54 heavy (non-hydrogen) atoms. The first-order valence-electron chi connectivity index (χ1n) is 21.2. The molecule has 0 heterocycles. The van der Waals surface area contributed by atoms with Gasteiger partial charge >= 0.3 is 11.9 Å². The number of amides is 2. The van der Waals surface area contributed by atoms with E-state index in [0.29, 0.717) is 12.8 Å². The Kier molecular flexibility index (Phi) is 36.7. The number of carboxylic acid groups (broad SMARTS) is 1. The van der Waals surface area contributed by atoms with E-state index in [-0.39, 0.29) is 30.9 Å². The van der Waals surface area contributed by atoms with Gasteiger partial charge in [0, 0.05) is 12.8 Å². The first kappa shape index (κ1) is 50.5. The molecule has 0 fully saturated rings. The Bertz CT molecular complexity index is 1100.